The van der Waals surface area contributed by atoms with E-state index in [0.29, 0.717) is 0 Å². The van der Waals surface area contributed by atoms with Gasteiger partial charge in [0.15, 0.2) is 10.5 Å². The van der Waals surface area contributed by atoms with Crippen LogP contribution in [0.15, 0.2) is 54.6 Å². The SMILES string of the molecule is O=S(=O)(O)C(c1ccccc1)(c1c(Cl)cccc1Cl)c1c(O)cc(Cl)c(O)c1Cl. The molecule has 0 fully saturated rings. The van der Waals surface area contributed by atoms with E-state index in [1.54, 1.807) is 6.07 Å². The zero-order valence-electron chi connectivity index (χ0n) is 14.3. The van der Waals surface area contributed by atoms with E-state index in [4.69, 9.17) is 46.4 Å². The largest absolute Gasteiger partial charge is 0.507 e. The van der Waals surface area contributed by atoms with E-state index in [1.807, 2.05) is 0 Å². The van der Waals surface area contributed by atoms with Crippen molar-refractivity contribution in [1.29, 1.82) is 0 Å². The lowest BCUT2D eigenvalue weighted by molar-refractivity contribution is 0.435. The van der Waals surface area contributed by atoms with Gasteiger partial charge in [-0.1, -0.05) is 82.8 Å². The topological polar surface area (TPSA) is 94.8 Å². The van der Waals surface area contributed by atoms with Gasteiger partial charge in [-0.05, 0) is 17.7 Å². The standard InChI is InChI=1S/C19H12Cl4O5S/c20-11-7-4-8-12(21)15(11)19(29(26,27)28,10-5-2-1-3-6-10)16-14(24)9-13(22)18(25)17(16)23/h1-9,24-25H,(H,26,27,28). The zero-order valence-corrected chi connectivity index (χ0v) is 18.1. The van der Waals surface area contributed by atoms with E-state index in [9.17, 15) is 23.2 Å². The van der Waals surface area contributed by atoms with Crippen LogP contribution in [0.25, 0.3) is 0 Å². The molecule has 1 atom stereocenters. The third-order valence-corrected chi connectivity index (χ3v) is 7.11. The van der Waals surface area contributed by atoms with Crippen LogP contribution in [0.5, 0.6) is 11.5 Å². The molecule has 10 heteroatoms. The van der Waals surface area contributed by atoms with Crippen molar-refractivity contribution in [3.05, 3.63) is 91.4 Å². The fourth-order valence-electron chi connectivity index (χ4n) is 3.26. The van der Waals surface area contributed by atoms with E-state index in [1.165, 1.54) is 42.5 Å². The molecule has 3 aromatic rings. The average Bonchev–Trinajstić information content (AvgIpc) is 2.64. The van der Waals surface area contributed by atoms with Gasteiger partial charge in [-0.2, -0.15) is 8.42 Å². The molecule has 0 aliphatic carbocycles. The second kappa shape index (κ2) is 7.87. The molecule has 0 radical (unpaired) electrons. The van der Waals surface area contributed by atoms with E-state index in [0.717, 1.165) is 6.07 Å². The van der Waals surface area contributed by atoms with E-state index in [2.05, 4.69) is 0 Å². The lowest BCUT2D eigenvalue weighted by Crippen LogP contribution is -2.39. The molecule has 3 aromatic carbocycles. The van der Waals surface area contributed by atoms with Gasteiger partial charge >= 0.3 is 0 Å². The van der Waals surface area contributed by atoms with Crippen LogP contribution in [0.1, 0.15) is 16.7 Å². The van der Waals surface area contributed by atoms with Gasteiger partial charge in [-0.25, -0.2) is 0 Å². The lowest BCUT2D eigenvalue weighted by Gasteiger charge is -2.35. The van der Waals surface area contributed by atoms with E-state index in [-0.39, 0.29) is 26.2 Å². The molecule has 0 saturated carbocycles. The molecule has 0 aliphatic heterocycles. The van der Waals surface area contributed by atoms with Crippen LogP contribution < -0.4 is 0 Å². The number of phenols is 2. The summed E-state index contributed by atoms with van der Waals surface area (Å²) in [5.41, 5.74) is -0.836. The first-order chi connectivity index (χ1) is 13.5. The molecular weight excluding hydrogens is 482 g/mol. The van der Waals surface area contributed by atoms with Crippen LogP contribution in [0, 0.1) is 0 Å². The van der Waals surface area contributed by atoms with Gasteiger partial charge in [0.25, 0.3) is 10.1 Å². The highest BCUT2D eigenvalue weighted by Gasteiger charge is 2.54. The quantitative estimate of drug-likeness (QED) is 0.239. The highest BCUT2D eigenvalue weighted by Crippen LogP contribution is 2.55. The van der Waals surface area contributed by atoms with E-state index >= 15 is 0 Å². The first kappa shape index (κ1) is 22.0. The van der Waals surface area contributed by atoms with Gasteiger partial charge < -0.3 is 10.2 Å². The Balaban J connectivity index is 2.70. The summed E-state index contributed by atoms with van der Waals surface area (Å²) < 4.78 is 34.0. The number of benzene rings is 3. The van der Waals surface area contributed by atoms with Crippen LogP contribution in [0.3, 0.4) is 0 Å². The molecule has 0 aliphatic rings. The molecule has 0 amide bonds. The molecule has 0 spiro atoms. The molecule has 5 nitrogen and oxygen atoms in total. The molecular formula is C19H12Cl4O5S. The second-order valence-electron chi connectivity index (χ2n) is 6.03. The van der Waals surface area contributed by atoms with Crippen molar-refractivity contribution >= 4 is 56.5 Å². The van der Waals surface area contributed by atoms with Gasteiger partial charge in [-0.3, -0.25) is 4.55 Å². The third-order valence-electron chi connectivity index (χ3n) is 4.41. The van der Waals surface area contributed by atoms with Crippen LogP contribution in [-0.2, 0) is 14.9 Å². The number of phenolic OH excluding ortho intramolecular Hbond substituents is 2. The predicted molar refractivity (Wildman–Crippen MR) is 114 cm³/mol. The van der Waals surface area contributed by atoms with Crippen LogP contribution >= 0.6 is 46.4 Å². The molecule has 29 heavy (non-hydrogen) atoms. The normalized spacial score (nSPS) is 13.8. The molecule has 0 bridgehead atoms. The fraction of sp³-hybridized carbons (Fsp3) is 0.0526. The maximum absolute atomic E-state index is 13.0. The summed E-state index contributed by atoms with van der Waals surface area (Å²) in [7, 11) is -5.17. The molecule has 3 rings (SSSR count). The van der Waals surface area contributed by atoms with E-state index < -0.39 is 37.0 Å². The second-order valence-corrected chi connectivity index (χ2v) is 9.20. The summed E-state index contributed by atoms with van der Waals surface area (Å²) >= 11 is 24.7. The maximum atomic E-state index is 13.0. The van der Waals surface area contributed by atoms with Gasteiger partial charge in [-0.15, -0.1) is 0 Å². The monoisotopic (exact) mass is 492 g/mol. The summed E-state index contributed by atoms with van der Waals surface area (Å²) in [5, 5.41) is 19.8. The minimum absolute atomic E-state index is 0.0311. The highest BCUT2D eigenvalue weighted by atomic mass is 35.5. The summed E-state index contributed by atoms with van der Waals surface area (Å²) in [6, 6.07) is 12.5. The van der Waals surface area contributed by atoms with Crippen LogP contribution in [0.2, 0.25) is 20.1 Å². The average molecular weight is 494 g/mol. The van der Waals surface area contributed by atoms with Gasteiger partial charge in [0.1, 0.15) is 5.75 Å². The number of hydrogen-bond acceptors (Lipinski definition) is 4. The Kier molecular flexibility index (Phi) is 5.98. The first-order valence-electron chi connectivity index (χ1n) is 7.91. The molecule has 0 aromatic heterocycles. The van der Waals surface area contributed by atoms with Gasteiger partial charge in [0.2, 0.25) is 0 Å². The highest BCUT2D eigenvalue weighted by molar-refractivity contribution is 7.87. The van der Waals surface area contributed by atoms with Crippen molar-refractivity contribution in [1.82, 2.24) is 0 Å². The van der Waals surface area contributed by atoms with Crippen LogP contribution in [-0.4, -0.2) is 23.2 Å². The third kappa shape index (κ3) is 3.44. The van der Waals surface area contributed by atoms with Crippen molar-refractivity contribution in [3.8, 4) is 11.5 Å². The zero-order chi connectivity index (χ0) is 21.6. The number of rotatable bonds is 4. The lowest BCUT2D eigenvalue weighted by atomic mass is 9.83. The molecule has 0 saturated heterocycles. The van der Waals surface area contributed by atoms with Crippen molar-refractivity contribution in [2.24, 2.45) is 0 Å². The summed E-state index contributed by atoms with van der Waals surface area (Å²) in [6.07, 6.45) is 0. The molecule has 0 heterocycles. The Morgan fingerprint density at radius 1 is 0.759 bits per heavy atom. The minimum atomic E-state index is -5.17. The van der Waals surface area contributed by atoms with Crippen molar-refractivity contribution in [2.45, 2.75) is 4.75 Å². The maximum Gasteiger partial charge on any atom is 0.283 e. The van der Waals surface area contributed by atoms with Gasteiger partial charge in [0.05, 0.1) is 10.0 Å². The molecule has 1 unspecified atom stereocenters. The van der Waals surface area contributed by atoms with Crippen LogP contribution in [0.4, 0.5) is 0 Å². The molecule has 3 N–H and O–H groups in total. The Bertz CT molecular complexity index is 1180. The Hall–Kier alpha value is -1.67. The number of aromatic hydroxyl groups is 2. The molecule has 152 valence electrons. The number of halogens is 4. The predicted octanol–water partition coefficient (Wildman–Crippen LogP) is 5.89. The Labute approximate surface area is 186 Å². The summed E-state index contributed by atoms with van der Waals surface area (Å²) in [6.45, 7) is 0. The smallest absolute Gasteiger partial charge is 0.283 e. The fourth-order valence-corrected chi connectivity index (χ4v) is 6.07. The minimum Gasteiger partial charge on any atom is -0.507 e. The van der Waals surface area contributed by atoms with Crippen molar-refractivity contribution < 1.29 is 23.2 Å². The Morgan fingerprint density at radius 3 is 1.83 bits per heavy atom. The summed E-state index contributed by atoms with van der Waals surface area (Å²) in [5.74, 6) is -1.39. The number of hydrogen-bond donors (Lipinski definition) is 3. The summed E-state index contributed by atoms with van der Waals surface area (Å²) in [4.78, 5) is 0. The Morgan fingerprint density at radius 2 is 1.31 bits per heavy atom. The van der Waals surface area contributed by atoms with Crippen molar-refractivity contribution in [3.63, 3.8) is 0 Å². The van der Waals surface area contributed by atoms with Crippen molar-refractivity contribution in [2.75, 3.05) is 0 Å². The first-order valence-corrected chi connectivity index (χ1v) is 10.9. The van der Waals surface area contributed by atoms with Gasteiger partial charge in [0, 0.05) is 27.2 Å².